The average Bonchev–Trinajstić information content (AvgIpc) is 2.89. The van der Waals surface area contributed by atoms with Gasteiger partial charge in [0.05, 0.1) is 6.61 Å². The first-order valence-electron chi connectivity index (χ1n) is 5.92. The van der Waals surface area contributed by atoms with Gasteiger partial charge < -0.3 is 14.6 Å². The molecule has 0 amide bonds. The molecule has 6 nitrogen and oxygen atoms in total. The van der Waals surface area contributed by atoms with Crippen molar-refractivity contribution in [2.75, 3.05) is 19.7 Å². The lowest BCUT2D eigenvalue weighted by Crippen LogP contribution is -2.33. The molecular formula is C12H14N4O2. The standard InChI is InChI=1S/C12H14N4O2/c1-8-2-3-14-9(6-8)11-15-12(18-16-11)10-7-13-4-5-17-10/h2-3,6,10,13H,4-5,7H2,1H3. The fourth-order valence-corrected chi connectivity index (χ4v) is 1.85. The molecule has 1 saturated heterocycles. The molecule has 0 bridgehead atoms. The molecule has 0 radical (unpaired) electrons. The fourth-order valence-electron chi connectivity index (χ4n) is 1.85. The van der Waals surface area contributed by atoms with Gasteiger partial charge in [0.25, 0.3) is 5.89 Å². The Morgan fingerprint density at radius 1 is 1.44 bits per heavy atom. The van der Waals surface area contributed by atoms with Gasteiger partial charge in [-0.15, -0.1) is 0 Å². The van der Waals surface area contributed by atoms with Crippen molar-refractivity contribution in [2.45, 2.75) is 13.0 Å². The van der Waals surface area contributed by atoms with Crippen LogP contribution in [0.15, 0.2) is 22.9 Å². The van der Waals surface area contributed by atoms with Crippen LogP contribution in [0, 0.1) is 6.92 Å². The van der Waals surface area contributed by atoms with Crippen LogP contribution in [0.25, 0.3) is 11.5 Å². The fraction of sp³-hybridized carbons (Fsp3) is 0.417. The maximum Gasteiger partial charge on any atom is 0.257 e. The largest absolute Gasteiger partial charge is 0.366 e. The van der Waals surface area contributed by atoms with Gasteiger partial charge in [-0.2, -0.15) is 4.98 Å². The molecule has 1 unspecified atom stereocenters. The van der Waals surface area contributed by atoms with Gasteiger partial charge in [-0.1, -0.05) is 5.16 Å². The van der Waals surface area contributed by atoms with Gasteiger partial charge in [0.2, 0.25) is 5.82 Å². The molecule has 94 valence electrons. The van der Waals surface area contributed by atoms with E-state index in [4.69, 9.17) is 9.26 Å². The zero-order valence-electron chi connectivity index (χ0n) is 10.1. The normalized spacial score (nSPS) is 19.9. The number of nitrogens with zero attached hydrogens (tertiary/aromatic N) is 3. The maximum absolute atomic E-state index is 5.56. The molecule has 1 fully saturated rings. The lowest BCUT2D eigenvalue weighted by Gasteiger charge is -2.19. The van der Waals surface area contributed by atoms with Gasteiger partial charge in [0, 0.05) is 19.3 Å². The van der Waals surface area contributed by atoms with E-state index in [-0.39, 0.29) is 6.10 Å². The quantitative estimate of drug-likeness (QED) is 0.855. The summed E-state index contributed by atoms with van der Waals surface area (Å²) in [5, 5.41) is 7.17. The Morgan fingerprint density at radius 3 is 3.17 bits per heavy atom. The topological polar surface area (TPSA) is 73.1 Å². The Bertz CT molecular complexity index is 534. The van der Waals surface area contributed by atoms with Crippen LogP contribution in [0.5, 0.6) is 0 Å². The highest BCUT2D eigenvalue weighted by Crippen LogP contribution is 2.20. The summed E-state index contributed by atoms with van der Waals surface area (Å²) in [7, 11) is 0. The van der Waals surface area contributed by atoms with Crippen LogP contribution < -0.4 is 5.32 Å². The van der Waals surface area contributed by atoms with Gasteiger partial charge in [-0.3, -0.25) is 4.98 Å². The summed E-state index contributed by atoms with van der Waals surface area (Å²) < 4.78 is 10.8. The first-order chi connectivity index (χ1) is 8.83. The van der Waals surface area contributed by atoms with Crippen LogP contribution in [0.1, 0.15) is 17.6 Å². The SMILES string of the molecule is Cc1ccnc(-c2noc(C3CNCCO3)n2)c1. The van der Waals surface area contributed by atoms with Crippen molar-refractivity contribution in [2.24, 2.45) is 0 Å². The first-order valence-corrected chi connectivity index (χ1v) is 5.92. The number of ether oxygens (including phenoxy) is 1. The Hall–Kier alpha value is -1.79. The van der Waals surface area contributed by atoms with Gasteiger partial charge in [-0.25, -0.2) is 0 Å². The second-order valence-corrected chi connectivity index (χ2v) is 4.24. The molecule has 1 aliphatic heterocycles. The Morgan fingerprint density at radius 2 is 2.39 bits per heavy atom. The van der Waals surface area contributed by atoms with Crippen molar-refractivity contribution in [3.05, 3.63) is 29.8 Å². The van der Waals surface area contributed by atoms with E-state index in [1.807, 2.05) is 19.1 Å². The van der Waals surface area contributed by atoms with E-state index in [2.05, 4.69) is 20.4 Å². The van der Waals surface area contributed by atoms with Crippen molar-refractivity contribution in [1.29, 1.82) is 0 Å². The molecule has 3 heterocycles. The highest BCUT2D eigenvalue weighted by atomic mass is 16.5. The van der Waals surface area contributed by atoms with E-state index in [9.17, 15) is 0 Å². The van der Waals surface area contributed by atoms with E-state index >= 15 is 0 Å². The number of nitrogens with one attached hydrogen (secondary N) is 1. The van der Waals surface area contributed by atoms with E-state index in [1.54, 1.807) is 6.20 Å². The number of aromatic nitrogens is 3. The average molecular weight is 246 g/mol. The molecule has 1 N–H and O–H groups in total. The third kappa shape index (κ3) is 2.25. The molecule has 0 spiro atoms. The molecule has 2 aromatic heterocycles. The molecule has 0 aliphatic carbocycles. The van der Waals surface area contributed by atoms with Gasteiger partial charge in [0.1, 0.15) is 11.8 Å². The van der Waals surface area contributed by atoms with Gasteiger partial charge in [0.15, 0.2) is 0 Å². The number of pyridine rings is 1. The number of hydrogen-bond acceptors (Lipinski definition) is 6. The van der Waals surface area contributed by atoms with Crippen LogP contribution in [-0.2, 0) is 4.74 Å². The number of aryl methyl sites for hydroxylation is 1. The molecule has 1 aliphatic rings. The van der Waals surface area contributed by atoms with Crippen LogP contribution in [0.3, 0.4) is 0 Å². The summed E-state index contributed by atoms with van der Waals surface area (Å²) in [5.41, 5.74) is 1.83. The van der Waals surface area contributed by atoms with E-state index in [0.717, 1.165) is 12.1 Å². The molecular weight excluding hydrogens is 232 g/mol. The predicted molar refractivity (Wildman–Crippen MR) is 63.8 cm³/mol. The molecule has 1 atom stereocenters. The Kier molecular flexibility index (Phi) is 3.04. The van der Waals surface area contributed by atoms with Crippen LogP contribution >= 0.6 is 0 Å². The van der Waals surface area contributed by atoms with Crippen molar-refractivity contribution in [3.8, 4) is 11.5 Å². The van der Waals surface area contributed by atoms with Crippen molar-refractivity contribution < 1.29 is 9.26 Å². The Balaban J connectivity index is 1.84. The van der Waals surface area contributed by atoms with E-state index in [1.165, 1.54) is 0 Å². The van der Waals surface area contributed by atoms with Crippen molar-refractivity contribution in [3.63, 3.8) is 0 Å². The second kappa shape index (κ2) is 4.83. The molecule has 3 rings (SSSR count). The summed E-state index contributed by atoms with van der Waals surface area (Å²) in [5.74, 6) is 1.00. The number of morpholine rings is 1. The third-order valence-corrected chi connectivity index (χ3v) is 2.79. The molecule has 18 heavy (non-hydrogen) atoms. The monoisotopic (exact) mass is 246 g/mol. The zero-order chi connectivity index (χ0) is 12.4. The molecule has 6 heteroatoms. The van der Waals surface area contributed by atoms with Crippen LogP contribution in [0.4, 0.5) is 0 Å². The summed E-state index contributed by atoms with van der Waals surface area (Å²) in [6, 6.07) is 3.85. The molecule has 0 saturated carbocycles. The molecule has 2 aromatic rings. The molecule has 0 aromatic carbocycles. The number of rotatable bonds is 2. The highest BCUT2D eigenvalue weighted by molar-refractivity contribution is 5.48. The van der Waals surface area contributed by atoms with Crippen LogP contribution in [0.2, 0.25) is 0 Å². The predicted octanol–water partition coefficient (Wildman–Crippen LogP) is 1.10. The minimum Gasteiger partial charge on any atom is -0.366 e. The first kappa shape index (κ1) is 11.3. The lowest BCUT2D eigenvalue weighted by molar-refractivity contribution is 0.00755. The van der Waals surface area contributed by atoms with E-state index in [0.29, 0.717) is 30.6 Å². The summed E-state index contributed by atoms with van der Waals surface area (Å²) in [6.45, 7) is 4.21. The summed E-state index contributed by atoms with van der Waals surface area (Å²) >= 11 is 0. The summed E-state index contributed by atoms with van der Waals surface area (Å²) in [6.07, 6.45) is 1.57. The summed E-state index contributed by atoms with van der Waals surface area (Å²) in [4.78, 5) is 8.57. The van der Waals surface area contributed by atoms with Gasteiger partial charge >= 0.3 is 0 Å². The lowest BCUT2D eigenvalue weighted by atomic mass is 10.2. The maximum atomic E-state index is 5.56. The van der Waals surface area contributed by atoms with E-state index < -0.39 is 0 Å². The number of hydrogen-bond donors (Lipinski definition) is 1. The van der Waals surface area contributed by atoms with Crippen molar-refractivity contribution >= 4 is 0 Å². The van der Waals surface area contributed by atoms with Crippen molar-refractivity contribution in [1.82, 2.24) is 20.4 Å². The van der Waals surface area contributed by atoms with Crippen LogP contribution in [-0.4, -0.2) is 34.8 Å². The highest BCUT2D eigenvalue weighted by Gasteiger charge is 2.22. The zero-order valence-corrected chi connectivity index (χ0v) is 10.1. The van der Waals surface area contributed by atoms with Gasteiger partial charge in [-0.05, 0) is 24.6 Å². The Labute approximate surface area is 104 Å². The second-order valence-electron chi connectivity index (χ2n) is 4.24. The smallest absolute Gasteiger partial charge is 0.257 e. The third-order valence-electron chi connectivity index (χ3n) is 2.79. The minimum atomic E-state index is -0.162. The minimum absolute atomic E-state index is 0.162.